The van der Waals surface area contributed by atoms with Crippen LogP contribution < -0.4 is 0 Å². The molecule has 1 unspecified atom stereocenters. The molecule has 2 nitrogen and oxygen atoms in total. The zero-order valence-electron chi connectivity index (χ0n) is 6.58. The van der Waals surface area contributed by atoms with Crippen LogP contribution in [0.3, 0.4) is 0 Å². The third-order valence-electron chi connectivity index (χ3n) is 1.66. The molecule has 0 fully saturated rings. The maximum absolute atomic E-state index is 10.4. The maximum atomic E-state index is 10.4. The standard InChI is InChI=1S/C8H9BrO2S/c1-5(4-7(10)11)6-2-3-12-8(6)9/h2-3,5H,4H2,1H3,(H,10,11). The van der Waals surface area contributed by atoms with Crippen LogP contribution in [0.1, 0.15) is 24.8 Å². The van der Waals surface area contributed by atoms with Crippen molar-refractivity contribution >= 4 is 33.2 Å². The van der Waals surface area contributed by atoms with Gasteiger partial charge in [0.1, 0.15) is 0 Å². The molecule has 4 heteroatoms. The van der Waals surface area contributed by atoms with E-state index in [2.05, 4.69) is 15.9 Å². The first-order valence-electron chi connectivity index (χ1n) is 3.56. The smallest absolute Gasteiger partial charge is 0.303 e. The van der Waals surface area contributed by atoms with Crippen molar-refractivity contribution < 1.29 is 9.90 Å². The quantitative estimate of drug-likeness (QED) is 0.893. The number of carboxylic acids is 1. The molecule has 1 aromatic rings. The van der Waals surface area contributed by atoms with E-state index in [9.17, 15) is 4.79 Å². The number of carboxylic acid groups (broad SMARTS) is 1. The predicted octanol–water partition coefficient (Wildman–Crippen LogP) is 3.09. The highest BCUT2D eigenvalue weighted by molar-refractivity contribution is 9.11. The van der Waals surface area contributed by atoms with Gasteiger partial charge in [0.15, 0.2) is 0 Å². The summed E-state index contributed by atoms with van der Waals surface area (Å²) in [4.78, 5) is 10.4. The molecule has 1 N–H and O–H groups in total. The second-order valence-corrected chi connectivity index (χ2v) is 4.88. The molecule has 0 radical (unpaired) electrons. The van der Waals surface area contributed by atoms with Gasteiger partial charge in [0, 0.05) is 0 Å². The average Bonchev–Trinajstić information content (AvgIpc) is 2.33. The van der Waals surface area contributed by atoms with E-state index >= 15 is 0 Å². The summed E-state index contributed by atoms with van der Waals surface area (Å²) in [6, 6.07) is 1.96. The Balaban J connectivity index is 2.71. The van der Waals surface area contributed by atoms with Crippen LogP contribution in [-0.2, 0) is 4.79 Å². The lowest BCUT2D eigenvalue weighted by Crippen LogP contribution is -2.01. The summed E-state index contributed by atoms with van der Waals surface area (Å²) in [5.74, 6) is -0.663. The average molecular weight is 249 g/mol. The molecule has 0 aromatic carbocycles. The molecule has 0 spiro atoms. The number of halogens is 1. The zero-order chi connectivity index (χ0) is 9.14. The molecule has 0 saturated heterocycles. The maximum Gasteiger partial charge on any atom is 0.303 e. The van der Waals surface area contributed by atoms with Gasteiger partial charge in [-0.2, -0.15) is 0 Å². The van der Waals surface area contributed by atoms with Gasteiger partial charge in [-0.1, -0.05) is 6.92 Å². The second kappa shape index (κ2) is 4.05. The lowest BCUT2D eigenvalue weighted by molar-refractivity contribution is -0.137. The number of thiophene rings is 1. The van der Waals surface area contributed by atoms with Gasteiger partial charge >= 0.3 is 5.97 Å². The van der Waals surface area contributed by atoms with Crippen molar-refractivity contribution in [3.8, 4) is 0 Å². The number of rotatable bonds is 3. The first kappa shape index (κ1) is 9.74. The highest BCUT2D eigenvalue weighted by atomic mass is 79.9. The first-order chi connectivity index (χ1) is 5.61. The number of carbonyl (C=O) groups is 1. The van der Waals surface area contributed by atoms with Gasteiger partial charge in [-0.15, -0.1) is 11.3 Å². The van der Waals surface area contributed by atoms with E-state index in [-0.39, 0.29) is 12.3 Å². The van der Waals surface area contributed by atoms with E-state index in [0.717, 1.165) is 9.35 Å². The van der Waals surface area contributed by atoms with Crippen molar-refractivity contribution in [2.24, 2.45) is 0 Å². The van der Waals surface area contributed by atoms with Crippen LogP contribution in [0, 0.1) is 0 Å². The number of hydrogen-bond acceptors (Lipinski definition) is 2. The summed E-state index contributed by atoms with van der Waals surface area (Å²) in [5, 5.41) is 10.5. The van der Waals surface area contributed by atoms with Crippen molar-refractivity contribution in [1.82, 2.24) is 0 Å². The fourth-order valence-electron chi connectivity index (χ4n) is 1.03. The molecular formula is C8H9BrO2S. The molecule has 1 heterocycles. The fraction of sp³-hybridized carbons (Fsp3) is 0.375. The van der Waals surface area contributed by atoms with E-state index in [4.69, 9.17) is 5.11 Å². The molecule has 1 aromatic heterocycles. The van der Waals surface area contributed by atoms with E-state index < -0.39 is 5.97 Å². The zero-order valence-corrected chi connectivity index (χ0v) is 8.98. The van der Waals surface area contributed by atoms with Crippen molar-refractivity contribution in [3.05, 3.63) is 20.8 Å². The third-order valence-corrected chi connectivity index (χ3v) is 3.39. The van der Waals surface area contributed by atoms with E-state index in [1.54, 1.807) is 11.3 Å². The molecule has 1 rings (SSSR count). The minimum Gasteiger partial charge on any atom is -0.481 e. The molecule has 1 atom stereocenters. The Hall–Kier alpha value is -0.350. The van der Waals surface area contributed by atoms with Crippen molar-refractivity contribution in [2.45, 2.75) is 19.3 Å². The van der Waals surface area contributed by atoms with E-state index in [1.807, 2.05) is 18.4 Å². The Kier molecular flexibility index (Phi) is 3.29. The van der Waals surface area contributed by atoms with Crippen molar-refractivity contribution in [1.29, 1.82) is 0 Å². The molecule has 12 heavy (non-hydrogen) atoms. The molecule has 0 aliphatic rings. The Morgan fingerprint density at radius 1 is 1.83 bits per heavy atom. The predicted molar refractivity (Wildman–Crippen MR) is 52.7 cm³/mol. The van der Waals surface area contributed by atoms with Gasteiger partial charge in [0.05, 0.1) is 10.2 Å². The van der Waals surface area contributed by atoms with Crippen LogP contribution in [0.5, 0.6) is 0 Å². The van der Waals surface area contributed by atoms with Crippen LogP contribution in [0.15, 0.2) is 15.2 Å². The van der Waals surface area contributed by atoms with E-state index in [1.165, 1.54) is 0 Å². The van der Waals surface area contributed by atoms with E-state index in [0.29, 0.717) is 0 Å². The Bertz CT molecular complexity index is 282. The van der Waals surface area contributed by atoms with Gasteiger partial charge in [-0.25, -0.2) is 0 Å². The second-order valence-electron chi connectivity index (χ2n) is 2.65. The molecular weight excluding hydrogens is 240 g/mol. The van der Waals surface area contributed by atoms with Crippen LogP contribution >= 0.6 is 27.3 Å². The Labute approximate surface area is 83.4 Å². The van der Waals surface area contributed by atoms with Crippen LogP contribution in [0.25, 0.3) is 0 Å². The number of hydrogen-bond donors (Lipinski definition) is 1. The summed E-state index contributed by atoms with van der Waals surface area (Å²) in [7, 11) is 0. The minimum atomic E-state index is -0.749. The molecule has 0 amide bonds. The molecule has 0 aliphatic heterocycles. The fourth-order valence-corrected chi connectivity index (χ4v) is 2.62. The molecule has 66 valence electrons. The summed E-state index contributed by atoms with van der Waals surface area (Å²) >= 11 is 4.97. The first-order valence-corrected chi connectivity index (χ1v) is 5.23. The highest BCUT2D eigenvalue weighted by Gasteiger charge is 2.13. The molecule has 0 aliphatic carbocycles. The summed E-state index contributed by atoms with van der Waals surface area (Å²) in [5.41, 5.74) is 1.09. The van der Waals surface area contributed by atoms with Gasteiger partial charge in [0.2, 0.25) is 0 Å². The summed E-state index contributed by atoms with van der Waals surface area (Å²) < 4.78 is 1.04. The summed E-state index contributed by atoms with van der Waals surface area (Å²) in [6.45, 7) is 1.92. The lowest BCUT2D eigenvalue weighted by atomic mass is 10.0. The lowest BCUT2D eigenvalue weighted by Gasteiger charge is -2.06. The van der Waals surface area contributed by atoms with Crippen LogP contribution in [0.2, 0.25) is 0 Å². The Morgan fingerprint density at radius 3 is 2.92 bits per heavy atom. The van der Waals surface area contributed by atoms with Gasteiger partial charge in [-0.3, -0.25) is 4.79 Å². The van der Waals surface area contributed by atoms with Crippen molar-refractivity contribution in [2.75, 3.05) is 0 Å². The monoisotopic (exact) mass is 248 g/mol. The molecule has 0 saturated carbocycles. The van der Waals surface area contributed by atoms with Gasteiger partial charge < -0.3 is 5.11 Å². The van der Waals surface area contributed by atoms with Crippen molar-refractivity contribution in [3.63, 3.8) is 0 Å². The largest absolute Gasteiger partial charge is 0.481 e. The van der Waals surface area contributed by atoms with Crippen LogP contribution in [0.4, 0.5) is 0 Å². The Morgan fingerprint density at radius 2 is 2.50 bits per heavy atom. The highest BCUT2D eigenvalue weighted by Crippen LogP contribution is 2.31. The SMILES string of the molecule is CC(CC(=O)O)c1ccsc1Br. The van der Waals surface area contributed by atoms with Crippen LogP contribution in [-0.4, -0.2) is 11.1 Å². The summed E-state index contributed by atoms with van der Waals surface area (Å²) in [6.07, 6.45) is 0.190. The molecule has 0 bridgehead atoms. The number of aliphatic carboxylic acids is 1. The topological polar surface area (TPSA) is 37.3 Å². The van der Waals surface area contributed by atoms with Gasteiger partial charge in [-0.05, 0) is 38.9 Å². The van der Waals surface area contributed by atoms with Gasteiger partial charge in [0.25, 0.3) is 0 Å². The third kappa shape index (κ3) is 2.32. The normalized spacial score (nSPS) is 12.8. The minimum absolute atomic E-state index is 0.0862.